The van der Waals surface area contributed by atoms with Crippen molar-refractivity contribution in [3.63, 3.8) is 0 Å². The Labute approximate surface area is 115 Å². The van der Waals surface area contributed by atoms with Crippen molar-refractivity contribution in [2.75, 3.05) is 20.1 Å². The van der Waals surface area contributed by atoms with Gasteiger partial charge in [0, 0.05) is 26.2 Å². The van der Waals surface area contributed by atoms with Crippen molar-refractivity contribution in [1.29, 1.82) is 0 Å². The maximum atomic E-state index is 12.4. The molecular weight excluding hydrogens is 244 g/mol. The Balaban J connectivity index is 2.64. The van der Waals surface area contributed by atoms with Gasteiger partial charge >= 0.3 is 12.0 Å². The molecule has 19 heavy (non-hydrogen) atoms. The zero-order chi connectivity index (χ0) is 14.4. The van der Waals surface area contributed by atoms with Crippen LogP contribution in [0.1, 0.15) is 46.0 Å². The summed E-state index contributed by atoms with van der Waals surface area (Å²) in [5.41, 5.74) is 0. The van der Waals surface area contributed by atoms with E-state index in [1.165, 1.54) is 12.8 Å². The van der Waals surface area contributed by atoms with Crippen molar-refractivity contribution < 1.29 is 14.7 Å². The van der Waals surface area contributed by atoms with E-state index in [1.54, 1.807) is 18.9 Å². The summed E-state index contributed by atoms with van der Waals surface area (Å²) >= 11 is 0. The molecule has 0 aromatic heterocycles. The van der Waals surface area contributed by atoms with Gasteiger partial charge in [0.1, 0.15) is 0 Å². The van der Waals surface area contributed by atoms with E-state index in [0.717, 1.165) is 25.8 Å². The van der Waals surface area contributed by atoms with Crippen LogP contribution >= 0.6 is 0 Å². The highest BCUT2D eigenvalue weighted by molar-refractivity contribution is 5.76. The van der Waals surface area contributed by atoms with Gasteiger partial charge < -0.3 is 14.9 Å². The van der Waals surface area contributed by atoms with Crippen LogP contribution in [0.15, 0.2) is 0 Å². The Bertz CT molecular complexity index is 320. The molecule has 1 fully saturated rings. The quantitative estimate of drug-likeness (QED) is 0.853. The first kappa shape index (κ1) is 15.8. The molecule has 2 unspecified atom stereocenters. The molecule has 5 heteroatoms. The van der Waals surface area contributed by atoms with E-state index in [2.05, 4.69) is 6.92 Å². The molecule has 1 aliphatic rings. The van der Waals surface area contributed by atoms with Gasteiger partial charge in [-0.25, -0.2) is 4.79 Å². The van der Waals surface area contributed by atoms with Crippen LogP contribution in [0.5, 0.6) is 0 Å². The average molecular weight is 270 g/mol. The molecule has 1 rings (SSSR count). The van der Waals surface area contributed by atoms with E-state index < -0.39 is 11.9 Å². The van der Waals surface area contributed by atoms with Crippen LogP contribution in [0.4, 0.5) is 4.79 Å². The number of carboxylic acids is 1. The zero-order valence-electron chi connectivity index (χ0n) is 12.3. The number of amides is 2. The number of carboxylic acid groups (broad SMARTS) is 1. The molecule has 0 saturated carbocycles. The van der Waals surface area contributed by atoms with E-state index in [1.807, 2.05) is 4.90 Å². The van der Waals surface area contributed by atoms with Crippen LogP contribution in [0, 0.1) is 5.92 Å². The van der Waals surface area contributed by atoms with Crippen LogP contribution in [-0.4, -0.2) is 53.1 Å². The lowest BCUT2D eigenvalue weighted by Gasteiger charge is -2.33. The molecule has 2 atom stereocenters. The van der Waals surface area contributed by atoms with Gasteiger partial charge in [-0.05, 0) is 19.3 Å². The standard InChI is InChI=1S/C14H26N2O3/c1-4-12-8-6-5-7-9-16(12)14(19)15(3)10-11(2)13(17)18/h11-12H,4-10H2,1-3H3,(H,17,18). The highest BCUT2D eigenvalue weighted by atomic mass is 16.4. The average Bonchev–Trinajstić information content (AvgIpc) is 2.62. The number of likely N-dealkylation sites (tertiary alicyclic amines) is 1. The fourth-order valence-electron chi connectivity index (χ4n) is 2.64. The fraction of sp³-hybridized carbons (Fsp3) is 0.857. The summed E-state index contributed by atoms with van der Waals surface area (Å²) in [6.07, 6.45) is 5.43. The van der Waals surface area contributed by atoms with E-state index >= 15 is 0 Å². The molecular formula is C14H26N2O3. The molecule has 110 valence electrons. The Morgan fingerprint density at radius 3 is 2.63 bits per heavy atom. The third-order valence-corrected chi connectivity index (χ3v) is 3.89. The van der Waals surface area contributed by atoms with Gasteiger partial charge in [0.05, 0.1) is 5.92 Å². The molecule has 0 aromatic carbocycles. The number of rotatable bonds is 4. The molecule has 1 heterocycles. The smallest absolute Gasteiger partial charge is 0.320 e. The van der Waals surface area contributed by atoms with E-state index in [4.69, 9.17) is 5.11 Å². The first-order valence-corrected chi connectivity index (χ1v) is 7.21. The number of nitrogens with zero attached hydrogens (tertiary/aromatic N) is 2. The minimum Gasteiger partial charge on any atom is -0.481 e. The number of hydrogen-bond acceptors (Lipinski definition) is 2. The lowest BCUT2D eigenvalue weighted by Crippen LogP contribution is -2.48. The van der Waals surface area contributed by atoms with Crippen molar-refractivity contribution in [3.8, 4) is 0 Å². The molecule has 1 saturated heterocycles. The summed E-state index contributed by atoms with van der Waals surface area (Å²) in [4.78, 5) is 26.8. The highest BCUT2D eigenvalue weighted by Gasteiger charge is 2.27. The largest absolute Gasteiger partial charge is 0.481 e. The van der Waals surface area contributed by atoms with Gasteiger partial charge in [0.25, 0.3) is 0 Å². The molecule has 1 aliphatic heterocycles. The minimum absolute atomic E-state index is 0.0261. The normalized spacial score (nSPS) is 21.6. The third kappa shape index (κ3) is 4.40. The maximum Gasteiger partial charge on any atom is 0.320 e. The van der Waals surface area contributed by atoms with E-state index in [0.29, 0.717) is 6.04 Å². The second-order valence-corrected chi connectivity index (χ2v) is 5.51. The molecule has 0 spiro atoms. The predicted octanol–water partition coefficient (Wildman–Crippen LogP) is 2.41. The zero-order valence-corrected chi connectivity index (χ0v) is 12.3. The molecule has 0 radical (unpaired) electrons. The lowest BCUT2D eigenvalue weighted by molar-refractivity contribution is -0.141. The first-order valence-electron chi connectivity index (χ1n) is 7.21. The Kier molecular flexibility index (Phi) is 6.12. The monoisotopic (exact) mass is 270 g/mol. The van der Waals surface area contributed by atoms with Gasteiger partial charge in [0.2, 0.25) is 0 Å². The van der Waals surface area contributed by atoms with Crippen molar-refractivity contribution in [2.24, 2.45) is 5.92 Å². The predicted molar refractivity (Wildman–Crippen MR) is 74.1 cm³/mol. The molecule has 0 aromatic rings. The summed E-state index contributed by atoms with van der Waals surface area (Å²) in [5.74, 6) is -1.39. The molecule has 0 bridgehead atoms. The first-order chi connectivity index (χ1) is 8.97. The number of hydrogen-bond donors (Lipinski definition) is 1. The van der Waals surface area contributed by atoms with E-state index in [9.17, 15) is 9.59 Å². The Morgan fingerprint density at radius 2 is 2.05 bits per heavy atom. The van der Waals surface area contributed by atoms with Gasteiger partial charge in [0.15, 0.2) is 0 Å². The molecule has 2 amide bonds. The Hall–Kier alpha value is -1.26. The van der Waals surface area contributed by atoms with Crippen LogP contribution in [0.2, 0.25) is 0 Å². The number of carbonyl (C=O) groups excluding carboxylic acids is 1. The van der Waals surface area contributed by atoms with Crippen molar-refractivity contribution in [2.45, 2.75) is 52.0 Å². The van der Waals surface area contributed by atoms with Crippen LogP contribution in [0.3, 0.4) is 0 Å². The lowest BCUT2D eigenvalue weighted by atomic mass is 10.1. The van der Waals surface area contributed by atoms with Crippen LogP contribution in [0.25, 0.3) is 0 Å². The third-order valence-electron chi connectivity index (χ3n) is 3.89. The van der Waals surface area contributed by atoms with Crippen molar-refractivity contribution >= 4 is 12.0 Å². The van der Waals surface area contributed by atoms with Crippen molar-refractivity contribution in [3.05, 3.63) is 0 Å². The second kappa shape index (κ2) is 7.36. The van der Waals surface area contributed by atoms with E-state index in [-0.39, 0.29) is 12.6 Å². The number of carbonyl (C=O) groups is 2. The second-order valence-electron chi connectivity index (χ2n) is 5.51. The maximum absolute atomic E-state index is 12.4. The highest BCUT2D eigenvalue weighted by Crippen LogP contribution is 2.20. The topological polar surface area (TPSA) is 60.9 Å². The summed E-state index contributed by atoms with van der Waals surface area (Å²) in [6.45, 7) is 4.80. The minimum atomic E-state index is -0.859. The van der Waals surface area contributed by atoms with Gasteiger partial charge in [-0.15, -0.1) is 0 Å². The summed E-state index contributed by atoms with van der Waals surface area (Å²) in [7, 11) is 1.69. The van der Waals surface area contributed by atoms with Gasteiger partial charge in [-0.3, -0.25) is 4.79 Å². The molecule has 0 aliphatic carbocycles. The van der Waals surface area contributed by atoms with Crippen LogP contribution < -0.4 is 0 Å². The molecule has 1 N–H and O–H groups in total. The SMILES string of the molecule is CCC1CCCCCN1C(=O)N(C)CC(C)C(=O)O. The number of aliphatic carboxylic acids is 1. The van der Waals surface area contributed by atoms with Gasteiger partial charge in [-0.1, -0.05) is 26.7 Å². The fourth-order valence-corrected chi connectivity index (χ4v) is 2.64. The summed E-state index contributed by atoms with van der Waals surface area (Å²) in [5, 5.41) is 8.91. The number of urea groups is 1. The summed E-state index contributed by atoms with van der Waals surface area (Å²) < 4.78 is 0. The van der Waals surface area contributed by atoms with Gasteiger partial charge in [-0.2, -0.15) is 0 Å². The Morgan fingerprint density at radius 1 is 1.37 bits per heavy atom. The molecule has 5 nitrogen and oxygen atoms in total. The summed E-state index contributed by atoms with van der Waals surface area (Å²) in [6, 6.07) is 0.277. The van der Waals surface area contributed by atoms with Crippen molar-refractivity contribution in [1.82, 2.24) is 9.80 Å². The van der Waals surface area contributed by atoms with Crippen LogP contribution in [-0.2, 0) is 4.79 Å².